The molecule has 0 saturated heterocycles. The molecule has 5 heteroatoms. The van der Waals surface area contributed by atoms with Crippen molar-refractivity contribution in [2.45, 2.75) is 38.1 Å². The van der Waals surface area contributed by atoms with Gasteiger partial charge in [0.25, 0.3) is 0 Å². The van der Waals surface area contributed by atoms with Crippen molar-refractivity contribution in [2.24, 2.45) is 0 Å². The topological polar surface area (TPSA) is 29.0 Å². The molecule has 1 aliphatic rings. The molecule has 0 aliphatic heterocycles. The SMILES string of the molecule is CCC(CSC)N(C)c1cc(Br)nc(C2CC2)n1. The summed E-state index contributed by atoms with van der Waals surface area (Å²) in [5.41, 5.74) is 0. The maximum Gasteiger partial charge on any atom is 0.135 e. The van der Waals surface area contributed by atoms with Gasteiger partial charge in [0.05, 0.1) is 0 Å². The van der Waals surface area contributed by atoms with E-state index in [0.29, 0.717) is 12.0 Å². The molecule has 0 aromatic carbocycles. The third-order valence-electron chi connectivity index (χ3n) is 3.38. The Morgan fingerprint density at radius 1 is 1.50 bits per heavy atom. The van der Waals surface area contributed by atoms with Crippen LogP contribution < -0.4 is 4.90 Å². The monoisotopic (exact) mass is 329 g/mol. The summed E-state index contributed by atoms with van der Waals surface area (Å²) < 4.78 is 0.903. The van der Waals surface area contributed by atoms with E-state index in [1.165, 1.54) is 12.8 Å². The van der Waals surface area contributed by atoms with Gasteiger partial charge < -0.3 is 4.90 Å². The van der Waals surface area contributed by atoms with Crippen LogP contribution in [0.15, 0.2) is 10.7 Å². The van der Waals surface area contributed by atoms with Crippen molar-refractivity contribution in [1.82, 2.24) is 9.97 Å². The number of anilines is 1. The van der Waals surface area contributed by atoms with Crippen LogP contribution in [0.1, 0.15) is 37.9 Å². The molecule has 100 valence electrons. The first kappa shape index (κ1) is 14.1. The molecule has 3 nitrogen and oxygen atoms in total. The summed E-state index contributed by atoms with van der Waals surface area (Å²) in [5, 5.41) is 0. The van der Waals surface area contributed by atoms with Crippen LogP contribution in [-0.2, 0) is 0 Å². The van der Waals surface area contributed by atoms with Gasteiger partial charge in [-0.2, -0.15) is 11.8 Å². The van der Waals surface area contributed by atoms with Crippen LogP contribution in [0, 0.1) is 0 Å². The smallest absolute Gasteiger partial charge is 0.135 e. The predicted molar refractivity (Wildman–Crippen MR) is 82.6 cm³/mol. The largest absolute Gasteiger partial charge is 0.356 e. The van der Waals surface area contributed by atoms with Crippen LogP contribution in [0.2, 0.25) is 0 Å². The molecular formula is C13H20BrN3S. The van der Waals surface area contributed by atoms with E-state index in [2.05, 4.69) is 46.0 Å². The summed E-state index contributed by atoms with van der Waals surface area (Å²) in [6.07, 6.45) is 5.77. The molecule has 0 bridgehead atoms. The van der Waals surface area contributed by atoms with Crippen LogP contribution in [-0.4, -0.2) is 35.1 Å². The highest BCUT2D eigenvalue weighted by molar-refractivity contribution is 9.10. The quantitative estimate of drug-likeness (QED) is 0.744. The Morgan fingerprint density at radius 2 is 2.22 bits per heavy atom. The minimum atomic E-state index is 0.536. The van der Waals surface area contributed by atoms with Gasteiger partial charge in [-0.15, -0.1) is 0 Å². The lowest BCUT2D eigenvalue weighted by Crippen LogP contribution is -2.34. The molecule has 0 radical (unpaired) electrons. The highest BCUT2D eigenvalue weighted by atomic mass is 79.9. The predicted octanol–water partition coefficient (Wildman–Crippen LogP) is 3.69. The molecule has 1 atom stereocenters. The fourth-order valence-corrected chi connectivity index (χ4v) is 3.24. The molecule has 0 spiro atoms. The van der Waals surface area contributed by atoms with Gasteiger partial charge in [0.15, 0.2) is 0 Å². The average molecular weight is 330 g/mol. The summed E-state index contributed by atoms with van der Waals surface area (Å²) in [4.78, 5) is 11.5. The standard InChI is InChI=1S/C13H20BrN3S/c1-4-10(8-18-3)17(2)12-7-11(14)15-13(16-12)9-5-6-9/h7,9-10H,4-6,8H2,1-3H3. The van der Waals surface area contributed by atoms with E-state index < -0.39 is 0 Å². The summed E-state index contributed by atoms with van der Waals surface area (Å²) >= 11 is 5.39. The highest BCUT2D eigenvalue weighted by Gasteiger charge is 2.28. The van der Waals surface area contributed by atoms with Crippen molar-refractivity contribution < 1.29 is 0 Å². The second kappa shape index (κ2) is 6.24. The van der Waals surface area contributed by atoms with Crippen LogP contribution >= 0.6 is 27.7 Å². The number of aromatic nitrogens is 2. The number of nitrogens with zero attached hydrogens (tertiary/aromatic N) is 3. The zero-order valence-corrected chi connectivity index (χ0v) is 13.6. The molecule has 1 saturated carbocycles. The lowest BCUT2D eigenvalue weighted by atomic mass is 10.2. The Hall–Kier alpha value is -0.290. The van der Waals surface area contributed by atoms with Gasteiger partial charge in [-0.25, -0.2) is 9.97 Å². The van der Waals surface area contributed by atoms with Crippen LogP contribution in [0.4, 0.5) is 5.82 Å². The molecule has 1 heterocycles. The van der Waals surface area contributed by atoms with Crippen LogP contribution in [0.3, 0.4) is 0 Å². The lowest BCUT2D eigenvalue weighted by Gasteiger charge is -2.28. The van der Waals surface area contributed by atoms with Crippen molar-refractivity contribution in [3.63, 3.8) is 0 Å². The number of hydrogen-bond acceptors (Lipinski definition) is 4. The molecule has 1 aromatic rings. The number of rotatable bonds is 6. The first-order valence-corrected chi connectivity index (χ1v) is 8.60. The van der Waals surface area contributed by atoms with E-state index in [0.717, 1.165) is 28.4 Å². The molecular weight excluding hydrogens is 310 g/mol. The van der Waals surface area contributed by atoms with Crippen molar-refractivity contribution in [2.75, 3.05) is 24.0 Å². The maximum absolute atomic E-state index is 4.72. The van der Waals surface area contributed by atoms with E-state index in [9.17, 15) is 0 Å². The zero-order valence-electron chi connectivity index (χ0n) is 11.2. The van der Waals surface area contributed by atoms with Crippen molar-refractivity contribution in [1.29, 1.82) is 0 Å². The van der Waals surface area contributed by atoms with E-state index in [-0.39, 0.29) is 0 Å². The van der Waals surface area contributed by atoms with Gasteiger partial charge in [0, 0.05) is 30.8 Å². The van der Waals surface area contributed by atoms with Gasteiger partial charge in [0.2, 0.25) is 0 Å². The molecule has 18 heavy (non-hydrogen) atoms. The first-order valence-electron chi connectivity index (χ1n) is 6.42. The third kappa shape index (κ3) is 3.38. The van der Waals surface area contributed by atoms with Crippen molar-refractivity contribution in [3.8, 4) is 0 Å². The molecule has 0 amide bonds. The maximum atomic E-state index is 4.72. The summed E-state index contributed by atoms with van der Waals surface area (Å²) in [7, 11) is 2.13. The minimum absolute atomic E-state index is 0.536. The average Bonchev–Trinajstić information content (AvgIpc) is 3.18. The minimum Gasteiger partial charge on any atom is -0.356 e. The molecule has 0 N–H and O–H groups in total. The van der Waals surface area contributed by atoms with Gasteiger partial charge in [-0.3, -0.25) is 0 Å². The second-order valence-corrected chi connectivity index (χ2v) is 6.53. The fourth-order valence-electron chi connectivity index (χ4n) is 2.01. The van der Waals surface area contributed by atoms with Crippen LogP contribution in [0.5, 0.6) is 0 Å². The second-order valence-electron chi connectivity index (χ2n) is 4.81. The van der Waals surface area contributed by atoms with E-state index in [4.69, 9.17) is 4.98 Å². The van der Waals surface area contributed by atoms with Crippen molar-refractivity contribution >= 4 is 33.5 Å². The molecule has 1 aromatic heterocycles. The van der Waals surface area contributed by atoms with E-state index >= 15 is 0 Å². The summed E-state index contributed by atoms with van der Waals surface area (Å²) in [5.74, 6) is 3.77. The van der Waals surface area contributed by atoms with E-state index in [1.807, 2.05) is 17.8 Å². The van der Waals surface area contributed by atoms with Crippen LogP contribution in [0.25, 0.3) is 0 Å². The Labute approximate surface area is 122 Å². The summed E-state index contributed by atoms with van der Waals surface area (Å²) in [6, 6.07) is 2.56. The Morgan fingerprint density at radius 3 is 2.78 bits per heavy atom. The Balaban J connectivity index is 2.20. The highest BCUT2D eigenvalue weighted by Crippen LogP contribution is 2.39. The molecule has 1 unspecified atom stereocenters. The van der Waals surface area contributed by atoms with E-state index in [1.54, 1.807) is 0 Å². The normalized spacial score (nSPS) is 16.7. The number of halogens is 1. The fraction of sp³-hybridized carbons (Fsp3) is 0.692. The number of hydrogen-bond donors (Lipinski definition) is 0. The van der Waals surface area contributed by atoms with Gasteiger partial charge in [-0.1, -0.05) is 6.92 Å². The van der Waals surface area contributed by atoms with Crippen molar-refractivity contribution in [3.05, 3.63) is 16.5 Å². The first-order chi connectivity index (χ1) is 8.65. The van der Waals surface area contributed by atoms with Gasteiger partial charge >= 0.3 is 0 Å². The molecule has 1 fully saturated rings. The molecule has 2 rings (SSSR count). The number of thioether (sulfide) groups is 1. The zero-order chi connectivity index (χ0) is 13.1. The Kier molecular flexibility index (Phi) is 4.90. The summed E-state index contributed by atoms with van der Waals surface area (Å²) in [6.45, 7) is 2.23. The third-order valence-corrected chi connectivity index (χ3v) is 4.50. The van der Waals surface area contributed by atoms with Gasteiger partial charge in [0.1, 0.15) is 16.2 Å². The van der Waals surface area contributed by atoms with Gasteiger partial charge in [-0.05, 0) is 41.4 Å². The Bertz CT molecular complexity index is 409. The lowest BCUT2D eigenvalue weighted by molar-refractivity contribution is 0.662. The molecule has 1 aliphatic carbocycles.